The van der Waals surface area contributed by atoms with E-state index in [0.29, 0.717) is 0 Å². The monoisotopic (exact) mass is 221 g/mol. The van der Waals surface area contributed by atoms with E-state index in [-0.39, 0.29) is 12.0 Å². The molecule has 0 aromatic heterocycles. The summed E-state index contributed by atoms with van der Waals surface area (Å²) in [4.78, 5) is 2.32. The zero-order valence-corrected chi connectivity index (χ0v) is 10.6. The molecule has 1 aromatic carbocycles. The Kier molecular flexibility index (Phi) is 4.81. The molecule has 90 valence electrons. The van der Waals surface area contributed by atoms with E-state index in [1.165, 1.54) is 5.69 Å². The predicted octanol–water partition coefficient (Wildman–Crippen LogP) is 2.92. The van der Waals surface area contributed by atoms with Crippen LogP contribution in [0.2, 0.25) is 0 Å². The molecule has 1 unspecified atom stereocenters. The zero-order valence-electron chi connectivity index (χ0n) is 10.6. The van der Waals surface area contributed by atoms with Crippen molar-refractivity contribution in [3.8, 4) is 0 Å². The van der Waals surface area contributed by atoms with Crippen LogP contribution in [0.1, 0.15) is 27.2 Å². The average Bonchev–Trinajstić information content (AvgIpc) is 2.36. The maximum absolute atomic E-state index is 9.45. The first kappa shape index (κ1) is 13.0. The lowest BCUT2D eigenvalue weighted by molar-refractivity contribution is 0.143. The second kappa shape index (κ2) is 5.90. The Bertz CT molecular complexity index is 293. The number of aliphatic hydroxyl groups excluding tert-OH is 1. The van der Waals surface area contributed by atoms with E-state index in [9.17, 15) is 5.11 Å². The second-order valence-electron chi connectivity index (χ2n) is 4.67. The van der Waals surface area contributed by atoms with Crippen LogP contribution in [0, 0.1) is 5.41 Å². The molecule has 1 aromatic rings. The number of benzene rings is 1. The number of nitrogens with zero attached hydrogens (tertiary/aromatic N) is 1. The highest BCUT2D eigenvalue weighted by molar-refractivity contribution is 5.46. The summed E-state index contributed by atoms with van der Waals surface area (Å²) in [5.74, 6) is 0. The molecule has 0 fully saturated rings. The van der Waals surface area contributed by atoms with Gasteiger partial charge in [0, 0.05) is 24.2 Å². The first-order valence-corrected chi connectivity index (χ1v) is 6.06. The van der Waals surface area contributed by atoms with Gasteiger partial charge in [0.15, 0.2) is 0 Å². The molecule has 0 saturated heterocycles. The summed E-state index contributed by atoms with van der Waals surface area (Å²) in [7, 11) is 0. The average molecular weight is 221 g/mol. The van der Waals surface area contributed by atoms with E-state index in [1.54, 1.807) is 0 Å². The molecule has 16 heavy (non-hydrogen) atoms. The van der Waals surface area contributed by atoms with E-state index in [2.05, 4.69) is 49.9 Å². The van der Waals surface area contributed by atoms with Crippen LogP contribution in [0.15, 0.2) is 30.3 Å². The summed E-state index contributed by atoms with van der Waals surface area (Å²) >= 11 is 0. The maximum Gasteiger partial charge on any atom is 0.0501 e. The van der Waals surface area contributed by atoms with Crippen LogP contribution in [-0.2, 0) is 0 Å². The van der Waals surface area contributed by atoms with Crippen LogP contribution in [0.4, 0.5) is 5.69 Å². The summed E-state index contributed by atoms with van der Waals surface area (Å²) in [6, 6.07) is 10.4. The summed E-state index contributed by atoms with van der Waals surface area (Å²) in [5.41, 5.74) is 1.23. The highest BCUT2D eigenvalue weighted by atomic mass is 16.3. The van der Waals surface area contributed by atoms with Crippen LogP contribution in [0.25, 0.3) is 0 Å². The molecule has 0 aliphatic heterocycles. The summed E-state index contributed by atoms with van der Waals surface area (Å²) in [6.07, 6.45) is 0.993. The van der Waals surface area contributed by atoms with Gasteiger partial charge in [-0.2, -0.15) is 0 Å². The minimum absolute atomic E-state index is 0.00808. The normalized spacial score (nSPS) is 14.5. The van der Waals surface area contributed by atoms with Gasteiger partial charge in [-0.1, -0.05) is 32.0 Å². The summed E-state index contributed by atoms with van der Waals surface area (Å²) in [6.45, 7) is 8.54. The first-order valence-electron chi connectivity index (χ1n) is 6.06. The molecule has 0 saturated carbocycles. The Morgan fingerprint density at radius 2 is 1.81 bits per heavy atom. The Morgan fingerprint density at radius 1 is 1.19 bits per heavy atom. The summed E-state index contributed by atoms with van der Waals surface area (Å²) in [5, 5.41) is 9.45. The molecule has 2 heteroatoms. The van der Waals surface area contributed by atoms with E-state index < -0.39 is 0 Å². The van der Waals surface area contributed by atoms with Crippen LogP contribution in [0.3, 0.4) is 0 Å². The predicted molar refractivity (Wildman–Crippen MR) is 69.8 cm³/mol. The molecule has 0 bridgehead atoms. The second-order valence-corrected chi connectivity index (χ2v) is 4.67. The third-order valence-electron chi connectivity index (χ3n) is 3.31. The minimum Gasteiger partial charge on any atom is -0.396 e. The van der Waals surface area contributed by atoms with Crippen molar-refractivity contribution in [3.05, 3.63) is 30.3 Å². The Labute approximate surface area is 98.9 Å². The fraction of sp³-hybridized carbons (Fsp3) is 0.571. The highest BCUT2D eigenvalue weighted by Gasteiger charge is 2.23. The number of para-hydroxylation sites is 1. The van der Waals surface area contributed by atoms with Crippen molar-refractivity contribution < 1.29 is 5.11 Å². The standard InChI is InChI=1S/C14H23NO/c1-4-14(3,12-16)11-15(5-2)13-9-7-6-8-10-13/h6-10,16H,4-5,11-12H2,1-3H3. The SMILES string of the molecule is CCN(CC(C)(CC)CO)c1ccccc1. The van der Waals surface area contributed by atoms with Gasteiger partial charge in [-0.25, -0.2) is 0 Å². The molecule has 2 nitrogen and oxygen atoms in total. The van der Waals surface area contributed by atoms with Gasteiger partial charge in [0.05, 0.1) is 6.61 Å². The van der Waals surface area contributed by atoms with Crippen molar-refractivity contribution >= 4 is 5.69 Å². The molecule has 0 aliphatic rings. The third-order valence-corrected chi connectivity index (χ3v) is 3.31. The topological polar surface area (TPSA) is 23.5 Å². The van der Waals surface area contributed by atoms with Crippen molar-refractivity contribution in [2.45, 2.75) is 27.2 Å². The van der Waals surface area contributed by atoms with Crippen molar-refractivity contribution in [2.75, 3.05) is 24.6 Å². The number of rotatable bonds is 6. The van der Waals surface area contributed by atoms with E-state index in [4.69, 9.17) is 0 Å². The highest BCUT2D eigenvalue weighted by Crippen LogP contribution is 2.24. The van der Waals surface area contributed by atoms with Crippen molar-refractivity contribution in [1.29, 1.82) is 0 Å². The quantitative estimate of drug-likeness (QED) is 0.798. The third kappa shape index (κ3) is 3.24. The van der Waals surface area contributed by atoms with Gasteiger partial charge < -0.3 is 10.0 Å². The molecule has 0 heterocycles. The van der Waals surface area contributed by atoms with E-state index in [0.717, 1.165) is 19.5 Å². The largest absolute Gasteiger partial charge is 0.396 e. The Morgan fingerprint density at radius 3 is 2.25 bits per heavy atom. The van der Waals surface area contributed by atoms with E-state index in [1.807, 2.05) is 6.07 Å². The fourth-order valence-electron chi connectivity index (χ4n) is 1.76. The van der Waals surface area contributed by atoms with Crippen LogP contribution in [0.5, 0.6) is 0 Å². The first-order chi connectivity index (χ1) is 7.65. The van der Waals surface area contributed by atoms with Gasteiger partial charge in [-0.3, -0.25) is 0 Å². The van der Waals surface area contributed by atoms with Crippen LogP contribution in [-0.4, -0.2) is 24.8 Å². The van der Waals surface area contributed by atoms with Gasteiger partial charge in [-0.15, -0.1) is 0 Å². The number of hydrogen-bond acceptors (Lipinski definition) is 2. The lowest BCUT2D eigenvalue weighted by atomic mass is 9.88. The van der Waals surface area contributed by atoms with Crippen LogP contribution >= 0.6 is 0 Å². The molecular formula is C14H23NO. The Hall–Kier alpha value is -1.02. The van der Waals surface area contributed by atoms with Gasteiger partial charge in [-0.05, 0) is 25.5 Å². The number of anilines is 1. The molecule has 0 radical (unpaired) electrons. The Balaban J connectivity index is 2.77. The molecule has 1 rings (SSSR count). The molecule has 0 aliphatic carbocycles. The lowest BCUT2D eigenvalue weighted by Crippen LogP contribution is -2.38. The van der Waals surface area contributed by atoms with Gasteiger partial charge >= 0.3 is 0 Å². The van der Waals surface area contributed by atoms with Crippen molar-refractivity contribution in [1.82, 2.24) is 0 Å². The lowest BCUT2D eigenvalue weighted by Gasteiger charge is -2.34. The van der Waals surface area contributed by atoms with Crippen molar-refractivity contribution in [2.24, 2.45) is 5.41 Å². The minimum atomic E-state index is -0.00808. The smallest absolute Gasteiger partial charge is 0.0501 e. The molecule has 0 spiro atoms. The van der Waals surface area contributed by atoms with Crippen LogP contribution < -0.4 is 4.90 Å². The van der Waals surface area contributed by atoms with E-state index >= 15 is 0 Å². The fourth-order valence-corrected chi connectivity index (χ4v) is 1.76. The molecule has 0 amide bonds. The van der Waals surface area contributed by atoms with Gasteiger partial charge in [0.25, 0.3) is 0 Å². The van der Waals surface area contributed by atoms with Gasteiger partial charge in [0.2, 0.25) is 0 Å². The van der Waals surface area contributed by atoms with Gasteiger partial charge in [0.1, 0.15) is 0 Å². The molecule has 1 atom stereocenters. The molecule has 1 N–H and O–H groups in total. The number of aliphatic hydroxyl groups is 1. The maximum atomic E-state index is 9.45. The number of hydrogen-bond donors (Lipinski definition) is 1. The van der Waals surface area contributed by atoms with Crippen molar-refractivity contribution in [3.63, 3.8) is 0 Å². The molecular weight excluding hydrogens is 198 g/mol. The summed E-state index contributed by atoms with van der Waals surface area (Å²) < 4.78 is 0. The zero-order chi connectivity index (χ0) is 12.0.